The smallest absolute Gasteiger partial charge is 0.387 e. The minimum Gasteiger partial charge on any atom is -0.493 e. The summed E-state index contributed by atoms with van der Waals surface area (Å²) >= 11 is 0. The number of hydrogen-bond donors (Lipinski definition) is 2. The van der Waals surface area contributed by atoms with E-state index in [1.54, 1.807) is 24.3 Å². The van der Waals surface area contributed by atoms with E-state index in [0.29, 0.717) is 24.0 Å². The number of alkyl halides is 2. The third kappa shape index (κ3) is 5.98. The Labute approximate surface area is 191 Å². The van der Waals surface area contributed by atoms with Crippen LogP contribution in [0.1, 0.15) is 37.3 Å². The number of benzene rings is 2. The van der Waals surface area contributed by atoms with E-state index in [0.717, 1.165) is 6.42 Å². The molecule has 2 N–H and O–H groups in total. The van der Waals surface area contributed by atoms with Gasteiger partial charge in [0.05, 0.1) is 12.0 Å². The molecule has 1 unspecified atom stereocenters. The van der Waals surface area contributed by atoms with E-state index < -0.39 is 28.6 Å². The number of methoxy groups -OCH3 is 1. The van der Waals surface area contributed by atoms with Crippen LogP contribution < -0.4 is 19.5 Å². The summed E-state index contributed by atoms with van der Waals surface area (Å²) in [4.78, 5) is 17.4. The fourth-order valence-electron chi connectivity index (χ4n) is 3.36. The van der Waals surface area contributed by atoms with E-state index >= 15 is 0 Å². The number of ether oxygens (including phenoxy) is 2. The summed E-state index contributed by atoms with van der Waals surface area (Å²) in [6.45, 7) is -1.01. The van der Waals surface area contributed by atoms with Crippen LogP contribution in [0.4, 0.5) is 8.78 Å². The van der Waals surface area contributed by atoms with Crippen molar-refractivity contribution in [1.29, 1.82) is 0 Å². The molecule has 178 valence electrons. The Morgan fingerprint density at radius 1 is 1.18 bits per heavy atom. The van der Waals surface area contributed by atoms with Crippen molar-refractivity contribution in [1.82, 2.24) is 10.0 Å². The lowest BCUT2D eigenvalue weighted by Crippen LogP contribution is -2.35. The van der Waals surface area contributed by atoms with Gasteiger partial charge in [-0.1, -0.05) is 38.0 Å². The molecule has 11 heteroatoms. The molecular formula is C22H25F2N3O5S. The van der Waals surface area contributed by atoms with Crippen LogP contribution in [0.3, 0.4) is 0 Å². The predicted octanol–water partition coefficient (Wildman–Crippen LogP) is 3.21. The SMILES string of the molecule is CCCCC(N=C1NS(=O)(=O)c2ccccc21)C(=O)NCc1ccc(OC)c(OC(F)F)c1. The normalized spacial score (nSPS) is 16.2. The molecule has 33 heavy (non-hydrogen) atoms. The third-order valence-electron chi connectivity index (χ3n) is 4.99. The number of amidine groups is 1. The molecular weight excluding hydrogens is 456 g/mol. The van der Waals surface area contributed by atoms with Gasteiger partial charge in [0, 0.05) is 12.1 Å². The summed E-state index contributed by atoms with van der Waals surface area (Å²) in [5.74, 6) is -0.283. The highest BCUT2D eigenvalue weighted by Crippen LogP contribution is 2.29. The van der Waals surface area contributed by atoms with Crippen LogP contribution in [-0.4, -0.2) is 39.9 Å². The number of halogens is 2. The van der Waals surface area contributed by atoms with Gasteiger partial charge >= 0.3 is 6.61 Å². The number of amides is 1. The summed E-state index contributed by atoms with van der Waals surface area (Å²) in [5, 5.41) is 2.74. The van der Waals surface area contributed by atoms with Crippen LogP contribution in [0.2, 0.25) is 0 Å². The van der Waals surface area contributed by atoms with E-state index in [2.05, 4.69) is 19.8 Å². The Balaban J connectivity index is 1.78. The average molecular weight is 482 g/mol. The van der Waals surface area contributed by atoms with Crippen LogP contribution in [0.15, 0.2) is 52.4 Å². The fourth-order valence-corrected chi connectivity index (χ4v) is 4.60. The molecule has 0 saturated heterocycles. The number of aliphatic imine (C=N–C) groups is 1. The Hall–Kier alpha value is -3.21. The maximum atomic E-state index is 12.9. The Bertz CT molecular complexity index is 1140. The van der Waals surface area contributed by atoms with Crippen molar-refractivity contribution >= 4 is 21.8 Å². The highest BCUT2D eigenvalue weighted by atomic mass is 32.2. The molecule has 3 rings (SSSR count). The standard InChI is InChI=1S/C22H25F2N3O5S/c1-3-4-8-16(26-20-15-7-5-6-9-19(15)33(29,30)27-20)21(28)25-13-14-10-11-17(31-2)18(12-14)32-22(23)24/h5-7,9-12,16,22H,3-4,8,13H2,1-2H3,(H,25,28)(H,26,27). The molecule has 1 amide bonds. The zero-order valence-electron chi connectivity index (χ0n) is 18.2. The number of sulfonamides is 1. The molecule has 2 aromatic carbocycles. The molecule has 1 atom stereocenters. The maximum absolute atomic E-state index is 12.9. The molecule has 0 saturated carbocycles. The number of nitrogens with zero attached hydrogens (tertiary/aromatic N) is 1. The van der Waals surface area contributed by atoms with Crippen molar-refractivity contribution in [2.45, 2.75) is 50.3 Å². The number of fused-ring (bicyclic) bond motifs is 1. The van der Waals surface area contributed by atoms with Gasteiger partial charge in [-0.2, -0.15) is 8.78 Å². The summed E-state index contributed by atoms with van der Waals surface area (Å²) in [6, 6.07) is 10.0. The Morgan fingerprint density at radius 3 is 2.64 bits per heavy atom. The number of carbonyl (C=O) groups is 1. The number of carbonyl (C=O) groups excluding carboxylic acids is 1. The van der Waals surface area contributed by atoms with Crippen LogP contribution in [-0.2, 0) is 21.4 Å². The van der Waals surface area contributed by atoms with E-state index in [-0.39, 0.29) is 28.8 Å². The van der Waals surface area contributed by atoms with Crippen LogP contribution in [0.5, 0.6) is 11.5 Å². The molecule has 1 aliphatic heterocycles. The highest BCUT2D eigenvalue weighted by Gasteiger charge is 2.31. The van der Waals surface area contributed by atoms with Crippen LogP contribution >= 0.6 is 0 Å². The van der Waals surface area contributed by atoms with E-state index in [4.69, 9.17) is 4.74 Å². The summed E-state index contributed by atoms with van der Waals surface area (Å²) in [7, 11) is -2.39. The lowest BCUT2D eigenvalue weighted by atomic mass is 10.1. The topological polar surface area (TPSA) is 106 Å². The lowest BCUT2D eigenvalue weighted by molar-refractivity contribution is -0.122. The molecule has 8 nitrogen and oxygen atoms in total. The van der Waals surface area contributed by atoms with Gasteiger partial charge in [-0.05, 0) is 36.2 Å². The van der Waals surface area contributed by atoms with E-state index in [1.165, 1.54) is 25.3 Å². The van der Waals surface area contributed by atoms with Crippen molar-refractivity contribution in [3.8, 4) is 11.5 Å². The minimum absolute atomic E-state index is 0.0399. The van der Waals surface area contributed by atoms with Crippen molar-refractivity contribution in [2.75, 3.05) is 7.11 Å². The summed E-state index contributed by atoms with van der Waals surface area (Å²) in [6.07, 6.45) is 1.94. The van der Waals surface area contributed by atoms with Crippen molar-refractivity contribution in [2.24, 2.45) is 4.99 Å². The summed E-state index contributed by atoms with van der Waals surface area (Å²) in [5.41, 5.74) is 0.935. The zero-order valence-corrected chi connectivity index (χ0v) is 19.0. The van der Waals surface area contributed by atoms with E-state index in [9.17, 15) is 22.0 Å². The van der Waals surface area contributed by atoms with Gasteiger partial charge in [0.2, 0.25) is 5.91 Å². The number of nitrogens with one attached hydrogen (secondary N) is 2. The second-order valence-electron chi connectivity index (χ2n) is 7.32. The zero-order chi connectivity index (χ0) is 24.0. The van der Waals surface area contributed by atoms with Crippen molar-refractivity contribution in [3.63, 3.8) is 0 Å². The van der Waals surface area contributed by atoms with Gasteiger partial charge in [0.25, 0.3) is 10.0 Å². The Kier molecular flexibility index (Phi) is 7.85. The predicted molar refractivity (Wildman–Crippen MR) is 118 cm³/mol. The van der Waals surface area contributed by atoms with Crippen molar-refractivity contribution < 1.29 is 31.5 Å². The largest absolute Gasteiger partial charge is 0.493 e. The third-order valence-corrected chi connectivity index (χ3v) is 6.39. The first-order valence-electron chi connectivity index (χ1n) is 10.3. The van der Waals surface area contributed by atoms with Crippen LogP contribution in [0, 0.1) is 0 Å². The van der Waals surface area contributed by atoms with Gasteiger partial charge < -0.3 is 14.8 Å². The monoisotopic (exact) mass is 481 g/mol. The lowest BCUT2D eigenvalue weighted by Gasteiger charge is -2.15. The molecule has 0 bridgehead atoms. The minimum atomic E-state index is -3.72. The molecule has 1 aliphatic rings. The maximum Gasteiger partial charge on any atom is 0.387 e. The second kappa shape index (κ2) is 10.6. The first-order chi connectivity index (χ1) is 15.7. The van der Waals surface area contributed by atoms with Gasteiger partial charge in [0.15, 0.2) is 11.5 Å². The fraction of sp³-hybridized carbons (Fsp3) is 0.364. The van der Waals surface area contributed by atoms with E-state index in [1.807, 2.05) is 6.92 Å². The van der Waals surface area contributed by atoms with Gasteiger partial charge in [-0.15, -0.1) is 0 Å². The van der Waals surface area contributed by atoms with Gasteiger partial charge in [-0.25, -0.2) is 8.42 Å². The van der Waals surface area contributed by atoms with Crippen molar-refractivity contribution in [3.05, 3.63) is 53.6 Å². The molecule has 0 aromatic heterocycles. The molecule has 0 aliphatic carbocycles. The highest BCUT2D eigenvalue weighted by molar-refractivity contribution is 7.90. The number of unbranched alkanes of at least 4 members (excludes halogenated alkanes) is 1. The first kappa shape index (κ1) is 24.4. The van der Waals surface area contributed by atoms with Crippen LogP contribution in [0.25, 0.3) is 0 Å². The first-order valence-corrected chi connectivity index (χ1v) is 11.8. The number of rotatable bonds is 10. The molecule has 1 heterocycles. The Morgan fingerprint density at radius 2 is 1.94 bits per heavy atom. The van der Waals surface area contributed by atoms with Gasteiger partial charge in [-0.3, -0.25) is 14.5 Å². The second-order valence-corrected chi connectivity index (χ2v) is 8.97. The average Bonchev–Trinajstić information content (AvgIpc) is 3.04. The van der Waals surface area contributed by atoms with Gasteiger partial charge in [0.1, 0.15) is 11.9 Å². The quantitative estimate of drug-likeness (QED) is 0.542. The molecule has 0 fully saturated rings. The summed E-state index contributed by atoms with van der Waals surface area (Å²) < 4.78 is 61.9. The molecule has 0 radical (unpaired) electrons. The number of hydrogen-bond acceptors (Lipinski definition) is 6. The molecule has 0 spiro atoms. The molecule has 2 aromatic rings.